The van der Waals surface area contributed by atoms with Crippen LogP contribution in [-0.2, 0) is 24.1 Å². The molecular formula is C26H23F3N4O5. The average molecular weight is 528 g/mol. The van der Waals surface area contributed by atoms with E-state index in [0.29, 0.717) is 0 Å². The SMILES string of the molecule is CC(C)(C)OC(=O)N1CCn2c1cc(OCc1ccc(Oc3cccc(C#N)c3)c(C(F)(F)F)c1)nc2=O. The number of carbonyl (C=O) groups excluding carboxylic acids is 1. The van der Waals surface area contributed by atoms with Gasteiger partial charge in [-0.25, -0.2) is 9.59 Å². The summed E-state index contributed by atoms with van der Waals surface area (Å²) in [5, 5.41) is 9.01. The topological polar surface area (TPSA) is 107 Å². The van der Waals surface area contributed by atoms with E-state index in [2.05, 4.69) is 4.98 Å². The fourth-order valence-electron chi connectivity index (χ4n) is 3.69. The maximum Gasteiger partial charge on any atom is 0.419 e. The minimum Gasteiger partial charge on any atom is -0.473 e. The van der Waals surface area contributed by atoms with Crippen molar-refractivity contribution in [1.29, 1.82) is 5.26 Å². The molecule has 2 aromatic carbocycles. The van der Waals surface area contributed by atoms with Crippen LogP contribution in [0.3, 0.4) is 0 Å². The van der Waals surface area contributed by atoms with Gasteiger partial charge in [0.05, 0.1) is 17.2 Å². The van der Waals surface area contributed by atoms with Crippen molar-refractivity contribution >= 4 is 11.9 Å². The Hall–Kier alpha value is -4.53. The van der Waals surface area contributed by atoms with Gasteiger partial charge < -0.3 is 14.2 Å². The number of hydrogen-bond donors (Lipinski definition) is 0. The standard InChI is InChI=1S/C26H23F3N4O5/c1-25(2,3)38-24(35)33-10-9-32-22(33)13-21(31-23(32)34)36-15-17-7-8-20(19(12-17)26(27,28)29)37-18-6-4-5-16(11-18)14-30/h4-8,11-13H,9-10,15H2,1-3H3. The highest BCUT2D eigenvalue weighted by Crippen LogP contribution is 2.39. The van der Waals surface area contributed by atoms with Gasteiger partial charge in [-0.1, -0.05) is 12.1 Å². The Kier molecular flexibility index (Phi) is 7.04. The first kappa shape index (κ1) is 26.5. The first-order valence-corrected chi connectivity index (χ1v) is 11.5. The number of carbonyl (C=O) groups is 1. The molecule has 0 N–H and O–H groups in total. The second-order valence-electron chi connectivity index (χ2n) is 9.38. The number of fused-ring (bicyclic) bond motifs is 1. The van der Waals surface area contributed by atoms with E-state index in [9.17, 15) is 22.8 Å². The van der Waals surface area contributed by atoms with Crippen LogP contribution < -0.4 is 20.1 Å². The highest BCUT2D eigenvalue weighted by atomic mass is 19.4. The van der Waals surface area contributed by atoms with Crippen LogP contribution in [0.15, 0.2) is 53.3 Å². The van der Waals surface area contributed by atoms with E-state index in [0.717, 1.165) is 12.1 Å². The molecule has 2 heterocycles. The first-order chi connectivity index (χ1) is 17.8. The number of benzene rings is 2. The van der Waals surface area contributed by atoms with Crippen LogP contribution in [0.5, 0.6) is 17.4 Å². The Labute approximate surface area is 215 Å². The predicted molar refractivity (Wildman–Crippen MR) is 129 cm³/mol. The number of halogens is 3. The molecule has 198 valence electrons. The maximum absolute atomic E-state index is 13.8. The molecule has 9 nitrogen and oxygen atoms in total. The zero-order chi connectivity index (χ0) is 27.7. The van der Waals surface area contributed by atoms with Crippen molar-refractivity contribution in [3.63, 3.8) is 0 Å². The van der Waals surface area contributed by atoms with E-state index in [4.69, 9.17) is 19.5 Å². The van der Waals surface area contributed by atoms with E-state index < -0.39 is 34.9 Å². The fraction of sp³-hybridized carbons (Fsp3) is 0.308. The highest BCUT2D eigenvalue weighted by Gasteiger charge is 2.35. The van der Waals surface area contributed by atoms with Gasteiger partial charge in [0.25, 0.3) is 0 Å². The lowest BCUT2D eigenvalue weighted by Crippen LogP contribution is -2.36. The molecule has 0 aliphatic carbocycles. The zero-order valence-electron chi connectivity index (χ0n) is 20.7. The number of nitriles is 1. The maximum atomic E-state index is 13.8. The molecule has 0 fully saturated rings. The molecule has 0 bridgehead atoms. The first-order valence-electron chi connectivity index (χ1n) is 11.5. The number of ether oxygens (including phenoxy) is 3. The Balaban J connectivity index is 1.55. The van der Waals surface area contributed by atoms with Crippen LogP contribution in [-0.4, -0.2) is 27.8 Å². The van der Waals surface area contributed by atoms with Crippen molar-refractivity contribution < 1.29 is 32.2 Å². The smallest absolute Gasteiger partial charge is 0.419 e. The summed E-state index contributed by atoms with van der Waals surface area (Å²) in [5.74, 6) is -0.304. The molecule has 0 saturated carbocycles. The largest absolute Gasteiger partial charge is 0.473 e. The summed E-state index contributed by atoms with van der Waals surface area (Å²) in [5.41, 5.74) is -2.07. The van der Waals surface area contributed by atoms with Crippen molar-refractivity contribution in [2.45, 2.75) is 45.7 Å². The molecule has 0 radical (unpaired) electrons. The minimum absolute atomic E-state index is 0.0795. The van der Waals surface area contributed by atoms with Crippen LogP contribution in [0.4, 0.5) is 23.8 Å². The lowest BCUT2D eigenvalue weighted by molar-refractivity contribution is -0.138. The molecule has 4 rings (SSSR count). The zero-order valence-corrected chi connectivity index (χ0v) is 20.7. The molecule has 12 heteroatoms. The van der Waals surface area contributed by atoms with Crippen LogP contribution in [0.1, 0.15) is 37.5 Å². The number of nitrogens with zero attached hydrogens (tertiary/aromatic N) is 4. The molecule has 1 amide bonds. The van der Waals surface area contributed by atoms with Crippen molar-refractivity contribution in [3.05, 3.63) is 75.7 Å². The molecule has 0 saturated heterocycles. The Morgan fingerprint density at radius 1 is 1.11 bits per heavy atom. The second-order valence-corrected chi connectivity index (χ2v) is 9.38. The van der Waals surface area contributed by atoms with Crippen LogP contribution in [0.25, 0.3) is 0 Å². The van der Waals surface area contributed by atoms with Crippen LogP contribution in [0, 0.1) is 11.3 Å². The number of anilines is 1. The van der Waals surface area contributed by atoms with E-state index in [1.807, 2.05) is 6.07 Å². The van der Waals surface area contributed by atoms with Gasteiger partial charge in [-0.05, 0) is 56.7 Å². The summed E-state index contributed by atoms with van der Waals surface area (Å²) < 4.78 is 59.0. The highest BCUT2D eigenvalue weighted by molar-refractivity contribution is 5.87. The predicted octanol–water partition coefficient (Wildman–Crippen LogP) is 5.26. The molecule has 38 heavy (non-hydrogen) atoms. The van der Waals surface area contributed by atoms with Crippen molar-refractivity contribution in [3.8, 4) is 23.4 Å². The molecule has 0 atom stereocenters. The normalized spacial score (nSPS) is 13.0. The molecule has 3 aromatic rings. The summed E-state index contributed by atoms with van der Waals surface area (Å²) in [7, 11) is 0. The summed E-state index contributed by atoms with van der Waals surface area (Å²) in [6.45, 7) is 5.21. The lowest BCUT2D eigenvalue weighted by Gasteiger charge is -2.24. The quantitative estimate of drug-likeness (QED) is 0.445. The van der Waals surface area contributed by atoms with Gasteiger partial charge in [0.1, 0.15) is 29.5 Å². The number of aromatic nitrogens is 2. The van der Waals surface area contributed by atoms with E-state index >= 15 is 0 Å². The number of rotatable bonds is 5. The van der Waals surface area contributed by atoms with Gasteiger partial charge in [0, 0.05) is 19.2 Å². The van der Waals surface area contributed by atoms with Gasteiger partial charge in [0.2, 0.25) is 5.88 Å². The summed E-state index contributed by atoms with van der Waals surface area (Å²) >= 11 is 0. The number of amides is 1. The summed E-state index contributed by atoms with van der Waals surface area (Å²) in [4.78, 5) is 30.1. The molecule has 0 spiro atoms. The second kappa shape index (κ2) is 10.1. The fourth-order valence-corrected chi connectivity index (χ4v) is 3.69. The monoisotopic (exact) mass is 528 g/mol. The molecular weight excluding hydrogens is 505 g/mol. The third kappa shape index (κ3) is 6.05. The van der Waals surface area contributed by atoms with Crippen LogP contribution >= 0.6 is 0 Å². The van der Waals surface area contributed by atoms with Gasteiger partial charge in [-0.15, -0.1) is 0 Å². The van der Waals surface area contributed by atoms with Crippen molar-refractivity contribution in [2.24, 2.45) is 0 Å². The van der Waals surface area contributed by atoms with Crippen LogP contribution in [0.2, 0.25) is 0 Å². The van der Waals surface area contributed by atoms with E-state index in [1.54, 1.807) is 20.8 Å². The Bertz CT molecular complexity index is 1470. The Morgan fingerprint density at radius 3 is 2.55 bits per heavy atom. The Morgan fingerprint density at radius 2 is 1.87 bits per heavy atom. The molecule has 1 aliphatic heterocycles. The average Bonchev–Trinajstić information content (AvgIpc) is 3.27. The van der Waals surface area contributed by atoms with Gasteiger partial charge >= 0.3 is 18.0 Å². The number of hydrogen-bond acceptors (Lipinski definition) is 7. The summed E-state index contributed by atoms with van der Waals surface area (Å²) in [6, 6.07) is 12.4. The third-order valence-electron chi connectivity index (χ3n) is 5.33. The minimum atomic E-state index is -4.74. The third-order valence-corrected chi connectivity index (χ3v) is 5.33. The molecule has 1 aromatic heterocycles. The number of alkyl halides is 3. The van der Waals surface area contributed by atoms with Gasteiger partial charge in [0.15, 0.2) is 0 Å². The van der Waals surface area contributed by atoms with E-state index in [-0.39, 0.29) is 48.3 Å². The lowest BCUT2D eigenvalue weighted by atomic mass is 10.1. The van der Waals surface area contributed by atoms with Gasteiger partial charge in [-0.2, -0.15) is 23.4 Å². The van der Waals surface area contributed by atoms with Crippen molar-refractivity contribution in [2.75, 3.05) is 11.4 Å². The van der Waals surface area contributed by atoms with Crippen molar-refractivity contribution in [1.82, 2.24) is 9.55 Å². The van der Waals surface area contributed by atoms with Gasteiger partial charge in [-0.3, -0.25) is 9.47 Å². The van der Waals surface area contributed by atoms with E-state index in [1.165, 1.54) is 45.9 Å². The molecule has 1 aliphatic rings. The summed E-state index contributed by atoms with van der Waals surface area (Å²) in [6.07, 6.45) is -5.39. The molecule has 0 unspecified atom stereocenters.